The molecule has 0 saturated carbocycles. The van der Waals surface area contributed by atoms with Crippen LogP contribution in [-0.4, -0.2) is 43.2 Å². The molecule has 0 aromatic heterocycles. The molecule has 0 aliphatic heterocycles. The Kier molecular flexibility index (Phi) is 7.17. The molecule has 0 unspecified atom stereocenters. The number of nitrogens with zero attached hydrogens (tertiary/aromatic N) is 1. The number of halogens is 3. The van der Waals surface area contributed by atoms with Gasteiger partial charge in [0.2, 0.25) is 0 Å². The number of anilines is 2. The predicted molar refractivity (Wildman–Crippen MR) is 93.9 cm³/mol. The molecule has 0 saturated heterocycles. The van der Waals surface area contributed by atoms with Crippen molar-refractivity contribution < 1.29 is 27.9 Å². The molecule has 2 aromatic carbocycles. The Balaban J connectivity index is 2.32. The molecule has 6 nitrogen and oxygen atoms in total. The van der Waals surface area contributed by atoms with E-state index in [1.807, 2.05) is 24.5 Å². The Morgan fingerprint density at radius 3 is 2.52 bits per heavy atom. The summed E-state index contributed by atoms with van der Waals surface area (Å²) in [4.78, 5) is 18.6. The number of carbonyl (C=O) groups is 1. The van der Waals surface area contributed by atoms with E-state index in [-0.39, 0.29) is 24.5 Å². The molecular formula is C18H20F3N3O3. The summed E-state index contributed by atoms with van der Waals surface area (Å²) in [7, 11) is 3.66. The molecule has 0 atom stereocenters. The summed E-state index contributed by atoms with van der Waals surface area (Å²) in [5.74, 6) is -4.09. The Bertz CT molecular complexity index is 816. The number of amides is 1. The fraction of sp³-hybridized carbons (Fsp3) is 0.278. The number of hydroxylamine groups is 1. The molecule has 0 aliphatic rings. The van der Waals surface area contributed by atoms with Crippen LogP contribution >= 0.6 is 0 Å². The maximum absolute atomic E-state index is 14.3. The van der Waals surface area contributed by atoms with Crippen LogP contribution in [0.3, 0.4) is 0 Å². The molecule has 0 radical (unpaired) electrons. The molecule has 2 aromatic rings. The van der Waals surface area contributed by atoms with Gasteiger partial charge in [0.1, 0.15) is 5.82 Å². The minimum absolute atomic E-state index is 0.118. The fourth-order valence-corrected chi connectivity index (χ4v) is 2.34. The van der Waals surface area contributed by atoms with Gasteiger partial charge in [0.05, 0.1) is 30.2 Å². The maximum Gasteiger partial charge on any atom is 0.277 e. The van der Waals surface area contributed by atoms with Gasteiger partial charge in [-0.3, -0.25) is 9.63 Å². The van der Waals surface area contributed by atoms with Crippen LogP contribution in [0.4, 0.5) is 24.5 Å². The maximum atomic E-state index is 14.3. The Labute approximate surface area is 154 Å². The van der Waals surface area contributed by atoms with Crippen molar-refractivity contribution in [3.63, 3.8) is 0 Å². The van der Waals surface area contributed by atoms with Gasteiger partial charge in [-0.2, -0.15) is 0 Å². The van der Waals surface area contributed by atoms with Crippen LogP contribution in [0.25, 0.3) is 0 Å². The number of hydrogen-bond acceptors (Lipinski definition) is 5. The van der Waals surface area contributed by atoms with E-state index in [0.29, 0.717) is 12.1 Å². The largest absolute Gasteiger partial charge is 0.394 e. The second-order valence-corrected chi connectivity index (χ2v) is 5.96. The Hall–Kier alpha value is -2.62. The van der Waals surface area contributed by atoms with Crippen molar-refractivity contribution in [3.8, 4) is 0 Å². The molecule has 0 spiro atoms. The number of rotatable bonds is 8. The fourth-order valence-electron chi connectivity index (χ4n) is 2.34. The van der Waals surface area contributed by atoms with E-state index in [0.717, 1.165) is 12.1 Å². The average Bonchev–Trinajstić information content (AvgIpc) is 2.60. The molecule has 1 amide bonds. The number of hydrogen-bond donors (Lipinski definition) is 3. The van der Waals surface area contributed by atoms with Gasteiger partial charge in [-0.15, -0.1) is 0 Å². The van der Waals surface area contributed by atoms with Crippen molar-refractivity contribution >= 4 is 17.3 Å². The normalized spacial score (nSPS) is 10.9. The summed E-state index contributed by atoms with van der Waals surface area (Å²) in [6.07, 6.45) is 0. The summed E-state index contributed by atoms with van der Waals surface area (Å²) in [6.45, 7) is -0.0187. The van der Waals surface area contributed by atoms with Gasteiger partial charge in [0.25, 0.3) is 5.91 Å². The second-order valence-electron chi connectivity index (χ2n) is 5.96. The van der Waals surface area contributed by atoms with E-state index in [2.05, 4.69) is 10.2 Å². The third-order valence-electron chi connectivity index (χ3n) is 3.49. The Morgan fingerprint density at radius 2 is 1.89 bits per heavy atom. The van der Waals surface area contributed by atoms with Gasteiger partial charge in [0, 0.05) is 6.54 Å². The highest BCUT2D eigenvalue weighted by Crippen LogP contribution is 2.28. The number of aliphatic hydroxyl groups excluding tert-OH is 1. The summed E-state index contributed by atoms with van der Waals surface area (Å²) in [5, 5.41) is 11.1. The lowest BCUT2D eigenvalue weighted by atomic mass is 10.1. The third kappa shape index (κ3) is 5.43. The highest BCUT2D eigenvalue weighted by Gasteiger charge is 2.20. The van der Waals surface area contributed by atoms with Crippen molar-refractivity contribution in [1.29, 1.82) is 0 Å². The first-order valence-corrected chi connectivity index (χ1v) is 8.04. The number of nitrogens with one attached hydrogen (secondary N) is 2. The Morgan fingerprint density at radius 1 is 1.15 bits per heavy atom. The van der Waals surface area contributed by atoms with Crippen LogP contribution in [-0.2, 0) is 11.4 Å². The molecule has 9 heteroatoms. The molecule has 0 aliphatic carbocycles. The molecule has 0 fully saturated rings. The minimum atomic E-state index is -1.33. The van der Waals surface area contributed by atoms with Gasteiger partial charge in [-0.1, -0.05) is 6.07 Å². The topological polar surface area (TPSA) is 73.8 Å². The second kappa shape index (κ2) is 9.36. The van der Waals surface area contributed by atoms with Gasteiger partial charge in [-0.25, -0.2) is 18.7 Å². The highest BCUT2D eigenvalue weighted by atomic mass is 19.2. The zero-order chi connectivity index (χ0) is 20.0. The molecule has 27 heavy (non-hydrogen) atoms. The van der Waals surface area contributed by atoms with E-state index in [4.69, 9.17) is 5.11 Å². The molecule has 3 N–H and O–H groups in total. The molecule has 0 bridgehead atoms. The zero-order valence-corrected chi connectivity index (χ0v) is 14.9. The van der Waals surface area contributed by atoms with Crippen LogP contribution < -0.4 is 10.8 Å². The first-order valence-electron chi connectivity index (χ1n) is 8.04. The third-order valence-corrected chi connectivity index (χ3v) is 3.49. The van der Waals surface area contributed by atoms with Gasteiger partial charge in [-0.05, 0) is 43.9 Å². The van der Waals surface area contributed by atoms with Crippen molar-refractivity contribution in [3.05, 3.63) is 58.9 Å². The average molecular weight is 383 g/mol. The minimum Gasteiger partial charge on any atom is -0.394 e. The van der Waals surface area contributed by atoms with Crippen molar-refractivity contribution in [1.82, 2.24) is 10.4 Å². The number of carbonyl (C=O) groups excluding carboxylic acids is 1. The van der Waals surface area contributed by atoms with Gasteiger partial charge >= 0.3 is 0 Å². The molecule has 2 rings (SSSR count). The monoisotopic (exact) mass is 383 g/mol. The smallest absolute Gasteiger partial charge is 0.277 e. The van der Waals surface area contributed by atoms with E-state index in [9.17, 15) is 18.0 Å². The lowest BCUT2D eigenvalue weighted by Crippen LogP contribution is -2.26. The van der Waals surface area contributed by atoms with Crippen LogP contribution in [0.5, 0.6) is 0 Å². The van der Waals surface area contributed by atoms with Crippen LogP contribution in [0, 0.1) is 17.5 Å². The number of benzene rings is 2. The lowest BCUT2D eigenvalue weighted by molar-refractivity contribution is 0.0168. The van der Waals surface area contributed by atoms with Crippen LogP contribution in [0.1, 0.15) is 15.9 Å². The van der Waals surface area contributed by atoms with E-state index < -0.39 is 29.0 Å². The summed E-state index contributed by atoms with van der Waals surface area (Å²) < 4.78 is 42.2. The van der Waals surface area contributed by atoms with Crippen molar-refractivity contribution in [2.45, 2.75) is 6.54 Å². The first-order chi connectivity index (χ1) is 12.8. The quantitative estimate of drug-likeness (QED) is 0.483. The SMILES string of the molecule is CN(C)Cc1ccc(Nc2c(C(=O)NOCCO)ccc(F)c2F)c(F)c1. The zero-order valence-electron chi connectivity index (χ0n) is 14.9. The number of aliphatic hydroxyl groups is 1. The highest BCUT2D eigenvalue weighted by molar-refractivity contribution is 5.99. The van der Waals surface area contributed by atoms with E-state index in [1.165, 1.54) is 12.1 Å². The van der Waals surface area contributed by atoms with Gasteiger partial charge in [0.15, 0.2) is 11.6 Å². The molecular weight excluding hydrogens is 363 g/mol. The predicted octanol–water partition coefficient (Wildman–Crippen LogP) is 2.56. The molecule has 0 heterocycles. The van der Waals surface area contributed by atoms with E-state index >= 15 is 0 Å². The van der Waals surface area contributed by atoms with Crippen LogP contribution in [0.2, 0.25) is 0 Å². The van der Waals surface area contributed by atoms with Crippen molar-refractivity contribution in [2.75, 3.05) is 32.6 Å². The molecule has 146 valence electrons. The van der Waals surface area contributed by atoms with E-state index in [1.54, 1.807) is 6.07 Å². The summed E-state index contributed by atoms with van der Waals surface area (Å²) >= 11 is 0. The summed E-state index contributed by atoms with van der Waals surface area (Å²) in [5.41, 5.74) is 1.75. The van der Waals surface area contributed by atoms with Crippen molar-refractivity contribution in [2.24, 2.45) is 0 Å². The van der Waals surface area contributed by atoms with Crippen LogP contribution in [0.15, 0.2) is 30.3 Å². The first kappa shape index (κ1) is 20.7. The van der Waals surface area contributed by atoms with Gasteiger partial charge < -0.3 is 15.3 Å². The summed E-state index contributed by atoms with van der Waals surface area (Å²) in [6, 6.07) is 6.09. The standard InChI is InChI=1S/C18H20F3N3O3/c1-24(2)10-11-3-6-15(14(20)9-11)22-17-12(4-5-13(19)16(17)21)18(26)23-27-8-7-25/h3-6,9,22,25H,7-8,10H2,1-2H3,(H,23,26). The lowest BCUT2D eigenvalue weighted by Gasteiger charge is -2.15.